The van der Waals surface area contributed by atoms with Gasteiger partial charge in [0.1, 0.15) is 0 Å². The number of rotatable bonds is 3. The van der Waals surface area contributed by atoms with Gasteiger partial charge in [-0.25, -0.2) is 0 Å². The number of halogens is 1. The standard InChI is InChI=1S/C10H11BrO2/c1-13-10-5-4-8(3-2-6-11)7-9(10)12/h2-5,7,12H,6H2,1H3. The SMILES string of the molecule is COc1ccc(C=CCBr)cc1O. The lowest BCUT2D eigenvalue weighted by Gasteiger charge is -2.02. The van der Waals surface area contributed by atoms with Crippen LogP contribution in [0.5, 0.6) is 11.5 Å². The van der Waals surface area contributed by atoms with Crippen LogP contribution in [0.2, 0.25) is 0 Å². The molecule has 1 N–H and O–H groups in total. The van der Waals surface area contributed by atoms with Crippen LogP contribution in [0.1, 0.15) is 5.56 Å². The maximum atomic E-state index is 9.42. The van der Waals surface area contributed by atoms with Crippen molar-refractivity contribution in [1.29, 1.82) is 0 Å². The van der Waals surface area contributed by atoms with E-state index in [9.17, 15) is 5.11 Å². The van der Waals surface area contributed by atoms with Crippen LogP contribution in [0.4, 0.5) is 0 Å². The summed E-state index contributed by atoms with van der Waals surface area (Å²) in [6.07, 6.45) is 3.88. The van der Waals surface area contributed by atoms with Crippen LogP contribution in [-0.4, -0.2) is 17.5 Å². The molecule has 0 saturated carbocycles. The number of aromatic hydroxyl groups is 1. The molecule has 1 rings (SSSR count). The second kappa shape index (κ2) is 4.92. The summed E-state index contributed by atoms with van der Waals surface area (Å²) in [5, 5.41) is 10.2. The molecule has 0 aliphatic rings. The number of allylic oxidation sites excluding steroid dienone is 1. The summed E-state index contributed by atoms with van der Waals surface area (Å²) in [4.78, 5) is 0. The molecule has 0 unspecified atom stereocenters. The van der Waals surface area contributed by atoms with Gasteiger partial charge in [0.25, 0.3) is 0 Å². The van der Waals surface area contributed by atoms with Gasteiger partial charge in [-0.05, 0) is 17.7 Å². The topological polar surface area (TPSA) is 29.5 Å². The fourth-order valence-electron chi connectivity index (χ4n) is 0.991. The first-order chi connectivity index (χ1) is 6.27. The molecule has 0 fully saturated rings. The van der Waals surface area contributed by atoms with Gasteiger partial charge in [-0.1, -0.05) is 34.1 Å². The van der Waals surface area contributed by atoms with Gasteiger partial charge in [0.05, 0.1) is 7.11 Å². The molecular weight excluding hydrogens is 232 g/mol. The highest BCUT2D eigenvalue weighted by atomic mass is 79.9. The van der Waals surface area contributed by atoms with Crippen molar-refractivity contribution in [2.75, 3.05) is 12.4 Å². The summed E-state index contributed by atoms with van der Waals surface area (Å²) < 4.78 is 4.92. The highest BCUT2D eigenvalue weighted by Crippen LogP contribution is 2.26. The molecule has 0 spiro atoms. The molecule has 0 heterocycles. The summed E-state index contributed by atoms with van der Waals surface area (Å²) in [5.41, 5.74) is 0.956. The van der Waals surface area contributed by atoms with E-state index in [0.29, 0.717) is 5.75 Å². The summed E-state index contributed by atoms with van der Waals surface area (Å²) in [6, 6.07) is 5.29. The molecule has 1 aromatic rings. The summed E-state index contributed by atoms with van der Waals surface area (Å²) in [7, 11) is 1.53. The van der Waals surface area contributed by atoms with Crippen molar-refractivity contribution in [2.24, 2.45) is 0 Å². The minimum absolute atomic E-state index is 0.166. The second-order valence-electron chi connectivity index (χ2n) is 2.49. The van der Waals surface area contributed by atoms with Crippen LogP contribution < -0.4 is 4.74 Å². The van der Waals surface area contributed by atoms with Gasteiger partial charge in [-0.3, -0.25) is 0 Å². The molecule has 3 heteroatoms. The third kappa shape index (κ3) is 2.77. The molecule has 0 saturated heterocycles. The molecule has 0 amide bonds. The van der Waals surface area contributed by atoms with Crippen molar-refractivity contribution in [3.05, 3.63) is 29.8 Å². The number of hydrogen-bond acceptors (Lipinski definition) is 2. The van der Waals surface area contributed by atoms with Crippen LogP contribution in [0.25, 0.3) is 6.08 Å². The summed E-state index contributed by atoms with van der Waals surface area (Å²) in [6.45, 7) is 0. The van der Waals surface area contributed by atoms with Crippen LogP contribution in [-0.2, 0) is 0 Å². The Balaban J connectivity index is 2.89. The van der Waals surface area contributed by atoms with E-state index in [4.69, 9.17) is 4.74 Å². The number of benzene rings is 1. The average Bonchev–Trinajstić information content (AvgIpc) is 2.15. The smallest absolute Gasteiger partial charge is 0.160 e. The van der Waals surface area contributed by atoms with Crippen LogP contribution in [0.3, 0.4) is 0 Å². The lowest BCUT2D eigenvalue weighted by Crippen LogP contribution is -1.83. The number of hydrogen-bond donors (Lipinski definition) is 1. The number of phenolic OH excluding ortho intramolecular Hbond substituents is 1. The zero-order valence-corrected chi connectivity index (χ0v) is 8.91. The number of methoxy groups -OCH3 is 1. The van der Waals surface area contributed by atoms with Gasteiger partial charge >= 0.3 is 0 Å². The Labute approximate surface area is 86.0 Å². The fourth-order valence-corrected chi connectivity index (χ4v) is 1.18. The lowest BCUT2D eigenvalue weighted by atomic mass is 10.2. The van der Waals surface area contributed by atoms with Crippen molar-refractivity contribution in [3.63, 3.8) is 0 Å². The number of phenols is 1. The molecule has 0 aromatic heterocycles. The Morgan fingerprint density at radius 1 is 1.54 bits per heavy atom. The van der Waals surface area contributed by atoms with Gasteiger partial charge in [-0.15, -0.1) is 0 Å². The Morgan fingerprint density at radius 3 is 2.85 bits per heavy atom. The molecule has 0 aliphatic heterocycles. The summed E-state index contributed by atoms with van der Waals surface area (Å²) >= 11 is 3.28. The van der Waals surface area contributed by atoms with Crippen LogP contribution in [0.15, 0.2) is 24.3 Å². The van der Waals surface area contributed by atoms with Crippen molar-refractivity contribution >= 4 is 22.0 Å². The molecule has 0 bridgehead atoms. The molecule has 0 atom stereocenters. The quantitative estimate of drug-likeness (QED) is 0.827. The monoisotopic (exact) mass is 242 g/mol. The van der Waals surface area contributed by atoms with Crippen molar-refractivity contribution in [2.45, 2.75) is 0 Å². The zero-order valence-electron chi connectivity index (χ0n) is 7.33. The van der Waals surface area contributed by atoms with Gasteiger partial charge in [-0.2, -0.15) is 0 Å². The van der Waals surface area contributed by atoms with Crippen molar-refractivity contribution in [1.82, 2.24) is 0 Å². The highest BCUT2D eigenvalue weighted by Gasteiger charge is 1.99. The normalized spacial score (nSPS) is 10.6. The van der Waals surface area contributed by atoms with Crippen LogP contribution in [0, 0.1) is 0 Å². The van der Waals surface area contributed by atoms with Gasteiger partial charge in [0.2, 0.25) is 0 Å². The van der Waals surface area contributed by atoms with E-state index in [-0.39, 0.29) is 5.75 Å². The first-order valence-corrected chi connectivity index (χ1v) is 4.99. The Kier molecular flexibility index (Phi) is 3.83. The number of ether oxygens (including phenoxy) is 1. The maximum Gasteiger partial charge on any atom is 0.160 e. The molecule has 70 valence electrons. The van der Waals surface area contributed by atoms with Gasteiger partial charge in [0.15, 0.2) is 11.5 Å². The van der Waals surface area contributed by atoms with Crippen LogP contribution >= 0.6 is 15.9 Å². The minimum atomic E-state index is 0.166. The third-order valence-corrected chi connectivity index (χ3v) is 1.98. The third-order valence-electron chi connectivity index (χ3n) is 1.60. The molecule has 1 aromatic carbocycles. The number of alkyl halides is 1. The lowest BCUT2D eigenvalue weighted by molar-refractivity contribution is 0.373. The average molecular weight is 243 g/mol. The summed E-state index contributed by atoms with van der Waals surface area (Å²) in [5.74, 6) is 0.662. The van der Waals surface area contributed by atoms with E-state index < -0.39 is 0 Å². The predicted molar refractivity (Wildman–Crippen MR) is 57.5 cm³/mol. The highest BCUT2D eigenvalue weighted by molar-refractivity contribution is 9.09. The molecule has 2 nitrogen and oxygen atoms in total. The van der Waals surface area contributed by atoms with E-state index in [1.807, 2.05) is 18.2 Å². The van der Waals surface area contributed by atoms with E-state index in [0.717, 1.165) is 10.9 Å². The molecule has 0 radical (unpaired) electrons. The Bertz CT molecular complexity index is 308. The van der Waals surface area contributed by atoms with E-state index in [2.05, 4.69) is 15.9 Å². The van der Waals surface area contributed by atoms with Gasteiger partial charge < -0.3 is 9.84 Å². The Morgan fingerprint density at radius 2 is 2.31 bits per heavy atom. The Hall–Kier alpha value is -0.960. The van der Waals surface area contributed by atoms with E-state index in [1.165, 1.54) is 7.11 Å². The fraction of sp³-hybridized carbons (Fsp3) is 0.200. The van der Waals surface area contributed by atoms with Gasteiger partial charge in [0, 0.05) is 5.33 Å². The first kappa shape index (κ1) is 10.1. The molecule has 13 heavy (non-hydrogen) atoms. The molecule has 0 aliphatic carbocycles. The minimum Gasteiger partial charge on any atom is -0.504 e. The predicted octanol–water partition coefficient (Wildman–Crippen LogP) is 2.81. The zero-order chi connectivity index (χ0) is 9.68. The van der Waals surface area contributed by atoms with E-state index in [1.54, 1.807) is 12.1 Å². The largest absolute Gasteiger partial charge is 0.504 e. The van der Waals surface area contributed by atoms with Crippen molar-refractivity contribution in [3.8, 4) is 11.5 Å². The van der Waals surface area contributed by atoms with E-state index >= 15 is 0 Å². The van der Waals surface area contributed by atoms with Crippen molar-refractivity contribution < 1.29 is 9.84 Å². The molecular formula is C10H11BrO2. The maximum absolute atomic E-state index is 9.42. The first-order valence-electron chi connectivity index (χ1n) is 3.87. The second-order valence-corrected chi connectivity index (χ2v) is 3.14.